The van der Waals surface area contributed by atoms with Gasteiger partial charge in [-0.05, 0) is 13.8 Å². The van der Waals surface area contributed by atoms with Gasteiger partial charge in [0.1, 0.15) is 5.69 Å². The van der Waals surface area contributed by atoms with Gasteiger partial charge >= 0.3 is 0 Å². The minimum atomic E-state index is 0.687. The third-order valence-corrected chi connectivity index (χ3v) is 2.64. The summed E-state index contributed by atoms with van der Waals surface area (Å²) in [4.78, 5) is 8.70. The third kappa shape index (κ3) is 2.01. The van der Waals surface area contributed by atoms with Crippen molar-refractivity contribution in [3.05, 3.63) is 18.1 Å². The molecule has 0 aromatic carbocycles. The molecule has 0 radical (unpaired) electrons. The maximum atomic E-state index is 5.39. The number of nitrogens with zero attached hydrogens (tertiary/aromatic N) is 4. The Morgan fingerprint density at radius 2 is 2.06 bits per heavy atom. The van der Waals surface area contributed by atoms with E-state index in [1.165, 1.54) is 0 Å². The summed E-state index contributed by atoms with van der Waals surface area (Å²) < 4.78 is 7.09. The molecule has 0 spiro atoms. The van der Waals surface area contributed by atoms with Crippen molar-refractivity contribution in [1.82, 2.24) is 19.7 Å². The first-order valence-corrected chi connectivity index (χ1v) is 5.81. The Bertz CT molecular complexity index is 549. The molecule has 0 aliphatic carbocycles. The number of methoxy groups -OCH3 is 1. The highest BCUT2D eigenvalue weighted by molar-refractivity contribution is 5.76. The fraction of sp³-hybridized carbons (Fsp3) is 0.417. The van der Waals surface area contributed by atoms with Gasteiger partial charge < -0.3 is 10.1 Å². The summed E-state index contributed by atoms with van der Waals surface area (Å²) in [5, 5.41) is 7.55. The largest absolute Gasteiger partial charge is 0.481 e. The summed E-state index contributed by atoms with van der Waals surface area (Å²) in [7, 11) is 3.47. The van der Waals surface area contributed by atoms with E-state index in [2.05, 4.69) is 20.4 Å². The molecule has 0 amide bonds. The van der Waals surface area contributed by atoms with Gasteiger partial charge in [0.2, 0.25) is 5.88 Å². The zero-order chi connectivity index (χ0) is 13.1. The number of hydrogen-bond donors (Lipinski definition) is 1. The molecule has 2 rings (SSSR count). The van der Waals surface area contributed by atoms with E-state index in [0.29, 0.717) is 5.88 Å². The summed E-state index contributed by atoms with van der Waals surface area (Å²) in [6.45, 7) is 4.74. The molecule has 2 heterocycles. The van der Waals surface area contributed by atoms with E-state index in [0.717, 1.165) is 29.3 Å². The first-order chi connectivity index (χ1) is 8.69. The highest BCUT2D eigenvalue weighted by atomic mass is 16.5. The van der Waals surface area contributed by atoms with Crippen LogP contribution in [0.25, 0.3) is 11.3 Å². The fourth-order valence-electron chi connectivity index (χ4n) is 1.96. The van der Waals surface area contributed by atoms with Crippen molar-refractivity contribution >= 4 is 5.82 Å². The molecule has 18 heavy (non-hydrogen) atoms. The average molecular weight is 247 g/mol. The first-order valence-electron chi connectivity index (χ1n) is 5.81. The molecule has 2 aromatic heterocycles. The van der Waals surface area contributed by atoms with Crippen LogP contribution in [0.15, 0.2) is 12.4 Å². The molecule has 96 valence electrons. The van der Waals surface area contributed by atoms with Gasteiger partial charge in [0, 0.05) is 26.0 Å². The van der Waals surface area contributed by atoms with Crippen LogP contribution >= 0.6 is 0 Å². The van der Waals surface area contributed by atoms with Gasteiger partial charge in [0.15, 0.2) is 5.82 Å². The highest BCUT2D eigenvalue weighted by Crippen LogP contribution is 2.34. The second-order valence-electron chi connectivity index (χ2n) is 3.88. The van der Waals surface area contributed by atoms with Gasteiger partial charge in [-0.15, -0.1) is 0 Å². The van der Waals surface area contributed by atoms with Crippen molar-refractivity contribution in [1.29, 1.82) is 0 Å². The fourth-order valence-corrected chi connectivity index (χ4v) is 1.96. The normalized spacial score (nSPS) is 10.4. The maximum Gasteiger partial charge on any atom is 0.221 e. The number of aryl methyl sites for hydroxylation is 2. The number of nitrogens with one attached hydrogen (secondary N) is 1. The van der Waals surface area contributed by atoms with Crippen molar-refractivity contribution in [2.45, 2.75) is 13.8 Å². The van der Waals surface area contributed by atoms with Crippen LogP contribution in [0.1, 0.15) is 12.6 Å². The second-order valence-corrected chi connectivity index (χ2v) is 3.88. The summed E-state index contributed by atoms with van der Waals surface area (Å²) in [6.07, 6.45) is 3.34. The lowest BCUT2D eigenvalue weighted by Crippen LogP contribution is -2.03. The number of ether oxygens (including phenoxy) is 1. The predicted octanol–water partition coefficient (Wildman–Crippen LogP) is 1.63. The lowest BCUT2D eigenvalue weighted by molar-refractivity contribution is 0.374. The Morgan fingerprint density at radius 1 is 1.33 bits per heavy atom. The van der Waals surface area contributed by atoms with E-state index in [9.17, 15) is 0 Å². The van der Waals surface area contributed by atoms with E-state index < -0.39 is 0 Å². The van der Waals surface area contributed by atoms with Crippen LogP contribution < -0.4 is 10.1 Å². The zero-order valence-electron chi connectivity index (χ0n) is 11.1. The Morgan fingerprint density at radius 3 is 2.72 bits per heavy atom. The Kier molecular flexibility index (Phi) is 3.45. The predicted molar refractivity (Wildman–Crippen MR) is 69.7 cm³/mol. The topological polar surface area (TPSA) is 64.9 Å². The zero-order valence-corrected chi connectivity index (χ0v) is 11.1. The number of rotatable bonds is 4. The van der Waals surface area contributed by atoms with E-state index in [-0.39, 0.29) is 0 Å². The minimum Gasteiger partial charge on any atom is -0.481 e. The molecule has 0 bridgehead atoms. The van der Waals surface area contributed by atoms with Crippen LogP contribution in [0.5, 0.6) is 5.88 Å². The molecular formula is C12H17N5O. The molecule has 6 nitrogen and oxygen atoms in total. The first kappa shape index (κ1) is 12.3. The number of anilines is 1. The average Bonchev–Trinajstić information content (AvgIpc) is 2.64. The quantitative estimate of drug-likeness (QED) is 0.889. The summed E-state index contributed by atoms with van der Waals surface area (Å²) in [5.41, 5.74) is 2.51. The molecule has 0 aliphatic heterocycles. The summed E-state index contributed by atoms with van der Waals surface area (Å²) in [5.74, 6) is 1.43. The Hall–Kier alpha value is -2.11. The van der Waals surface area contributed by atoms with E-state index in [1.54, 1.807) is 24.2 Å². The van der Waals surface area contributed by atoms with E-state index in [4.69, 9.17) is 4.74 Å². The van der Waals surface area contributed by atoms with Crippen LogP contribution in [-0.2, 0) is 7.05 Å². The van der Waals surface area contributed by atoms with Gasteiger partial charge in [-0.25, -0.2) is 9.67 Å². The van der Waals surface area contributed by atoms with Crippen molar-refractivity contribution in [2.75, 3.05) is 19.0 Å². The van der Waals surface area contributed by atoms with Crippen LogP contribution in [0.3, 0.4) is 0 Å². The van der Waals surface area contributed by atoms with Gasteiger partial charge in [0.25, 0.3) is 0 Å². The highest BCUT2D eigenvalue weighted by Gasteiger charge is 2.20. The van der Waals surface area contributed by atoms with Gasteiger partial charge in [-0.1, -0.05) is 0 Å². The lowest BCUT2D eigenvalue weighted by Gasteiger charge is -2.09. The number of aromatic nitrogens is 4. The Labute approximate surface area is 106 Å². The van der Waals surface area contributed by atoms with Crippen molar-refractivity contribution < 1.29 is 4.74 Å². The summed E-state index contributed by atoms with van der Waals surface area (Å²) in [6, 6.07) is 0. The Balaban J connectivity index is 2.61. The van der Waals surface area contributed by atoms with E-state index >= 15 is 0 Å². The number of hydrogen-bond acceptors (Lipinski definition) is 5. The molecule has 1 N–H and O–H groups in total. The molecule has 2 aromatic rings. The lowest BCUT2D eigenvalue weighted by atomic mass is 10.1. The molecule has 0 aliphatic rings. The molecule has 0 saturated carbocycles. The molecule has 0 unspecified atom stereocenters. The van der Waals surface area contributed by atoms with Gasteiger partial charge in [-0.3, -0.25) is 4.98 Å². The van der Waals surface area contributed by atoms with E-state index in [1.807, 2.05) is 20.9 Å². The second kappa shape index (κ2) is 5.03. The molecule has 0 atom stereocenters. The monoisotopic (exact) mass is 247 g/mol. The smallest absolute Gasteiger partial charge is 0.221 e. The van der Waals surface area contributed by atoms with Crippen molar-refractivity contribution in [3.63, 3.8) is 0 Å². The molecule has 0 fully saturated rings. The SMILES string of the molecule is CCNc1nccnc1-c1c(C)nn(C)c1OC. The van der Waals surface area contributed by atoms with Crippen LogP contribution in [-0.4, -0.2) is 33.4 Å². The van der Waals surface area contributed by atoms with Crippen molar-refractivity contribution in [2.24, 2.45) is 7.05 Å². The molecule has 6 heteroatoms. The van der Waals surface area contributed by atoms with Crippen LogP contribution in [0.4, 0.5) is 5.82 Å². The standard InChI is InChI=1S/C12H17N5O/c1-5-13-11-10(14-6-7-15-11)9-8(2)16-17(3)12(9)18-4/h6-7H,5H2,1-4H3,(H,13,15). The molecular weight excluding hydrogens is 230 g/mol. The minimum absolute atomic E-state index is 0.687. The van der Waals surface area contributed by atoms with Crippen LogP contribution in [0, 0.1) is 6.92 Å². The maximum absolute atomic E-state index is 5.39. The van der Waals surface area contributed by atoms with Crippen molar-refractivity contribution in [3.8, 4) is 17.1 Å². The van der Waals surface area contributed by atoms with Gasteiger partial charge in [0.05, 0.1) is 18.4 Å². The third-order valence-electron chi connectivity index (χ3n) is 2.64. The van der Waals surface area contributed by atoms with Gasteiger partial charge in [-0.2, -0.15) is 5.10 Å². The summed E-state index contributed by atoms with van der Waals surface area (Å²) >= 11 is 0. The molecule has 0 saturated heterocycles. The van der Waals surface area contributed by atoms with Crippen LogP contribution in [0.2, 0.25) is 0 Å².